The molecule has 2 rings (SSSR count). The summed E-state index contributed by atoms with van der Waals surface area (Å²) in [5.74, 6) is 0.844. The van der Waals surface area contributed by atoms with Gasteiger partial charge in [0.1, 0.15) is 13.9 Å². The van der Waals surface area contributed by atoms with Crippen molar-refractivity contribution in [1.29, 1.82) is 0 Å². The lowest BCUT2D eigenvalue weighted by molar-refractivity contribution is 0.595. The van der Waals surface area contributed by atoms with Gasteiger partial charge in [-0.25, -0.2) is 22.4 Å². The van der Waals surface area contributed by atoms with Crippen LogP contribution in [-0.2, 0) is 10.0 Å². The maximum Gasteiger partial charge on any atom is 0.237 e. The van der Waals surface area contributed by atoms with Gasteiger partial charge >= 0.3 is 0 Å². The first-order valence-corrected chi connectivity index (χ1v) is 12.4. The second-order valence-corrected chi connectivity index (χ2v) is 13.7. The van der Waals surface area contributed by atoms with E-state index in [1.54, 1.807) is 0 Å². The van der Waals surface area contributed by atoms with Crippen molar-refractivity contribution in [3.8, 4) is 0 Å². The summed E-state index contributed by atoms with van der Waals surface area (Å²) in [5, 5.41) is 1.71. The molecule has 5 nitrogen and oxygen atoms in total. The minimum Gasteiger partial charge on any atom is -0.237 e. The maximum absolute atomic E-state index is 12.3. The molecule has 2 aromatic rings. The Morgan fingerprint density at radius 2 is 1.76 bits per heavy atom. The van der Waals surface area contributed by atoms with Crippen LogP contribution in [0.5, 0.6) is 0 Å². The number of hydrogen-bond acceptors (Lipinski definition) is 4. The average molecular weight is 326 g/mol. The molecule has 21 heavy (non-hydrogen) atoms. The van der Waals surface area contributed by atoms with Crippen molar-refractivity contribution >= 4 is 34.4 Å². The highest BCUT2D eigenvalue weighted by Crippen LogP contribution is 2.22. The first-order valence-electron chi connectivity index (χ1n) is 7.04. The van der Waals surface area contributed by atoms with Crippen molar-refractivity contribution in [1.82, 2.24) is 13.9 Å². The summed E-state index contributed by atoms with van der Waals surface area (Å²) < 4.78 is 26.0. The number of nitrogens with zero attached hydrogens (tertiary/aromatic N) is 3. The minimum atomic E-state index is -3.40. The third-order valence-electron chi connectivity index (χ3n) is 3.44. The molecule has 0 fully saturated rings. The van der Waals surface area contributed by atoms with Gasteiger partial charge in [0.2, 0.25) is 10.0 Å². The molecule has 2 aromatic heterocycles. The van der Waals surface area contributed by atoms with E-state index in [-0.39, 0.29) is 5.92 Å². The molecule has 116 valence electrons. The number of aryl methyl sites for hydroxylation is 1. The van der Waals surface area contributed by atoms with E-state index in [1.165, 1.54) is 10.2 Å². The van der Waals surface area contributed by atoms with Gasteiger partial charge in [0.05, 0.1) is 11.9 Å². The van der Waals surface area contributed by atoms with Gasteiger partial charge in [-0.2, -0.15) is 0 Å². The van der Waals surface area contributed by atoms with Gasteiger partial charge in [-0.1, -0.05) is 33.5 Å². The zero-order chi connectivity index (χ0) is 16.2. The Bertz CT molecular complexity index is 802. The molecular weight excluding hydrogens is 302 g/mol. The fourth-order valence-corrected chi connectivity index (χ4v) is 5.81. The molecule has 0 saturated carbocycles. The van der Waals surface area contributed by atoms with Gasteiger partial charge in [-0.05, 0) is 13.0 Å². The van der Waals surface area contributed by atoms with Crippen molar-refractivity contribution in [2.24, 2.45) is 0 Å². The molecule has 0 spiro atoms. The monoisotopic (exact) mass is 325 g/mol. The van der Waals surface area contributed by atoms with Gasteiger partial charge in [0.25, 0.3) is 0 Å². The molecule has 0 amide bonds. The lowest BCUT2D eigenvalue weighted by Crippen LogP contribution is -2.44. The van der Waals surface area contributed by atoms with Crippen LogP contribution in [0.15, 0.2) is 6.07 Å². The second-order valence-electron chi connectivity index (χ2n) is 6.87. The first kappa shape index (κ1) is 16.2. The molecule has 7 heteroatoms. The Morgan fingerprint density at radius 1 is 1.19 bits per heavy atom. The molecule has 0 aliphatic heterocycles. The zero-order valence-corrected chi connectivity index (χ0v) is 15.5. The van der Waals surface area contributed by atoms with Crippen molar-refractivity contribution in [2.45, 2.75) is 46.3 Å². The van der Waals surface area contributed by atoms with Crippen molar-refractivity contribution in [2.75, 3.05) is 6.26 Å². The van der Waals surface area contributed by atoms with E-state index in [1.807, 2.05) is 26.8 Å². The highest BCUT2D eigenvalue weighted by molar-refractivity contribution is 7.89. The van der Waals surface area contributed by atoms with Gasteiger partial charge in [-0.3, -0.25) is 0 Å². The molecular formula is C14H23N3O2SSi. The van der Waals surface area contributed by atoms with Gasteiger partial charge in [0, 0.05) is 16.6 Å². The zero-order valence-electron chi connectivity index (χ0n) is 13.7. The molecule has 0 bridgehead atoms. The Labute approximate surface area is 127 Å². The molecule has 0 aliphatic rings. The largest absolute Gasteiger partial charge is 0.237 e. The van der Waals surface area contributed by atoms with Crippen LogP contribution >= 0.6 is 0 Å². The Morgan fingerprint density at radius 3 is 2.19 bits per heavy atom. The molecule has 0 N–H and O–H groups in total. The van der Waals surface area contributed by atoms with Crippen LogP contribution in [0.3, 0.4) is 0 Å². The van der Waals surface area contributed by atoms with Gasteiger partial charge < -0.3 is 0 Å². The Kier molecular flexibility index (Phi) is 3.78. The fourth-order valence-electron chi connectivity index (χ4n) is 2.34. The fraction of sp³-hybridized carbons (Fsp3) is 0.571. The lowest BCUT2D eigenvalue weighted by atomic mass is 10.2. The summed E-state index contributed by atoms with van der Waals surface area (Å²) in [4.78, 5) is 9.05. The smallest absolute Gasteiger partial charge is 0.237 e. The summed E-state index contributed by atoms with van der Waals surface area (Å²) in [6.45, 7) is 12.3. The van der Waals surface area contributed by atoms with Crippen molar-refractivity contribution in [3.63, 3.8) is 0 Å². The predicted octanol–water partition coefficient (Wildman–Crippen LogP) is 2.22. The molecule has 0 aliphatic carbocycles. The highest BCUT2D eigenvalue weighted by atomic mass is 32.2. The third-order valence-corrected chi connectivity index (χ3v) is 6.54. The number of aromatic nitrogens is 3. The molecule has 0 aromatic carbocycles. The molecule has 0 radical (unpaired) electrons. The van der Waals surface area contributed by atoms with E-state index >= 15 is 0 Å². The van der Waals surface area contributed by atoms with Crippen LogP contribution in [0.25, 0.3) is 11.0 Å². The second kappa shape index (κ2) is 4.91. The predicted molar refractivity (Wildman–Crippen MR) is 89.6 cm³/mol. The average Bonchev–Trinajstić information content (AvgIpc) is 2.67. The van der Waals surface area contributed by atoms with Crippen LogP contribution < -0.4 is 5.32 Å². The standard InChI is InChI=1S/C14H23N3O2SSi/c1-9(2)13-15-10(3)11-8-12(21(5,6)7)17(14(11)16-13)20(4,18)19/h8-9H,1-7H3. The van der Waals surface area contributed by atoms with E-state index < -0.39 is 18.1 Å². The molecule has 0 atom stereocenters. The van der Waals surface area contributed by atoms with E-state index in [0.29, 0.717) is 11.5 Å². The maximum atomic E-state index is 12.3. The third kappa shape index (κ3) is 2.89. The van der Waals surface area contributed by atoms with E-state index in [2.05, 4.69) is 29.6 Å². The van der Waals surface area contributed by atoms with Crippen molar-refractivity contribution < 1.29 is 8.42 Å². The summed E-state index contributed by atoms with van der Waals surface area (Å²) in [5.41, 5.74) is 1.36. The Hall–Kier alpha value is -1.21. The number of hydrogen-bond donors (Lipinski definition) is 0. The summed E-state index contributed by atoms with van der Waals surface area (Å²) in [7, 11) is -5.22. The minimum absolute atomic E-state index is 0.159. The van der Waals surface area contributed by atoms with E-state index in [4.69, 9.17) is 0 Å². The molecule has 0 saturated heterocycles. The van der Waals surface area contributed by atoms with Gasteiger partial charge in [-0.15, -0.1) is 0 Å². The first-order chi connectivity index (χ1) is 9.43. The van der Waals surface area contributed by atoms with Gasteiger partial charge in [0.15, 0.2) is 5.65 Å². The number of rotatable bonds is 3. The van der Waals surface area contributed by atoms with Crippen LogP contribution in [0, 0.1) is 6.92 Å². The SMILES string of the molecule is Cc1nc(C(C)C)nc2c1cc([Si](C)(C)C)n2S(C)(=O)=O. The normalized spacial score (nSPS) is 13.3. The molecule has 2 heterocycles. The lowest BCUT2D eigenvalue weighted by Gasteiger charge is -2.18. The Balaban J connectivity index is 2.99. The molecule has 0 unspecified atom stereocenters. The van der Waals surface area contributed by atoms with Crippen LogP contribution in [-0.4, -0.2) is 36.7 Å². The van der Waals surface area contributed by atoms with Crippen LogP contribution in [0.1, 0.15) is 31.3 Å². The highest BCUT2D eigenvalue weighted by Gasteiger charge is 2.28. The van der Waals surface area contributed by atoms with Crippen molar-refractivity contribution in [3.05, 3.63) is 17.6 Å². The topological polar surface area (TPSA) is 64.8 Å². The van der Waals surface area contributed by atoms with Crippen LogP contribution in [0.2, 0.25) is 19.6 Å². The summed E-state index contributed by atoms with van der Waals surface area (Å²) in [6.07, 6.45) is 1.24. The summed E-state index contributed by atoms with van der Waals surface area (Å²) in [6, 6.07) is 1.96. The van der Waals surface area contributed by atoms with E-state index in [0.717, 1.165) is 16.4 Å². The number of fused-ring (bicyclic) bond motifs is 1. The summed E-state index contributed by atoms with van der Waals surface area (Å²) >= 11 is 0. The quantitative estimate of drug-likeness (QED) is 0.812. The van der Waals surface area contributed by atoms with Crippen LogP contribution in [0.4, 0.5) is 0 Å². The van der Waals surface area contributed by atoms with E-state index in [9.17, 15) is 8.42 Å².